The summed E-state index contributed by atoms with van der Waals surface area (Å²) in [7, 11) is 1.36. The van der Waals surface area contributed by atoms with Gasteiger partial charge in [0.2, 0.25) is 5.95 Å². The maximum atomic E-state index is 13.1. The van der Waals surface area contributed by atoms with Crippen LogP contribution in [0.3, 0.4) is 0 Å². The molecule has 1 aliphatic heterocycles. The third-order valence-electron chi connectivity index (χ3n) is 5.67. The first-order valence-corrected chi connectivity index (χ1v) is 10.5. The minimum absolute atomic E-state index is 0.0197. The van der Waals surface area contributed by atoms with Gasteiger partial charge in [-0.3, -0.25) is 9.59 Å². The van der Waals surface area contributed by atoms with Gasteiger partial charge in [-0.15, -0.1) is 0 Å². The number of carbonyl (C=O) groups excluding carboxylic acids is 2. The second kappa shape index (κ2) is 9.51. The fourth-order valence-electron chi connectivity index (χ4n) is 3.90. The standard InChI is InChI=1S/C25H25N3O3/c1-31-24(30)20(16-18-8-4-2-5-9-18)17-23(29)22-13-15-28(22)25-26-14-12-21(27-25)19-10-6-3-7-11-19/h2-12,14,20,22H,13,15-17H2,1H3/t20-,22+/m1/s1. The van der Waals surface area contributed by atoms with E-state index in [1.165, 1.54) is 7.11 Å². The predicted octanol–water partition coefficient (Wildman–Crippen LogP) is 3.71. The molecule has 3 aromatic rings. The quantitative estimate of drug-likeness (QED) is 0.522. The summed E-state index contributed by atoms with van der Waals surface area (Å²) < 4.78 is 4.96. The van der Waals surface area contributed by atoms with Crippen molar-refractivity contribution >= 4 is 17.7 Å². The zero-order chi connectivity index (χ0) is 21.6. The molecule has 2 atom stereocenters. The lowest BCUT2D eigenvalue weighted by atomic mass is 9.88. The van der Waals surface area contributed by atoms with Crippen LogP contribution in [-0.2, 0) is 20.7 Å². The van der Waals surface area contributed by atoms with Gasteiger partial charge in [0.25, 0.3) is 0 Å². The molecule has 0 N–H and O–H groups in total. The number of carbonyl (C=O) groups is 2. The third kappa shape index (κ3) is 4.79. The summed E-state index contributed by atoms with van der Waals surface area (Å²) in [6.07, 6.45) is 3.07. The van der Waals surface area contributed by atoms with E-state index in [1.807, 2.05) is 71.6 Å². The molecule has 1 fully saturated rings. The molecule has 31 heavy (non-hydrogen) atoms. The smallest absolute Gasteiger partial charge is 0.309 e. The topological polar surface area (TPSA) is 72.4 Å². The number of methoxy groups -OCH3 is 1. The number of anilines is 1. The third-order valence-corrected chi connectivity index (χ3v) is 5.67. The van der Waals surface area contributed by atoms with Crippen molar-refractivity contribution in [3.05, 3.63) is 78.5 Å². The van der Waals surface area contributed by atoms with Gasteiger partial charge in [-0.2, -0.15) is 0 Å². The van der Waals surface area contributed by atoms with Gasteiger partial charge < -0.3 is 9.64 Å². The van der Waals surface area contributed by atoms with E-state index < -0.39 is 5.92 Å². The molecule has 6 heteroatoms. The summed E-state index contributed by atoms with van der Waals surface area (Å²) in [6.45, 7) is 0.718. The van der Waals surface area contributed by atoms with Crippen LogP contribution in [0.1, 0.15) is 18.4 Å². The van der Waals surface area contributed by atoms with Gasteiger partial charge in [-0.1, -0.05) is 60.7 Å². The van der Waals surface area contributed by atoms with Gasteiger partial charge in [0, 0.05) is 24.7 Å². The first-order chi connectivity index (χ1) is 15.2. The normalized spacial score (nSPS) is 16.3. The molecule has 0 aliphatic carbocycles. The van der Waals surface area contributed by atoms with Crippen molar-refractivity contribution in [2.24, 2.45) is 5.92 Å². The Morgan fingerprint density at radius 2 is 1.77 bits per heavy atom. The maximum absolute atomic E-state index is 13.1. The number of Topliss-reactive ketones (excluding diaryl/α,β-unsaturated/α-hetero) is 1. The van der Waals surface area contributed by atoms with Crippen LogP contribution in [0.2, 0.25) is 0 Å². The number of ether oxygens (including phenoxy) is 1. The van der Waals surface area contributed by atoms with E-state index in [0.717, 1.165) is 29.8 Å². The zero-order valence-electron chi connectivity index (χ0n) is 17.5. The molecule has 0 bridgehead atoms. The molecule has 4 rings (SSSR count). The fraction of sp³-hybridized carbons (Fsp3) is 0.280. The van der Waals surface area contributed by atoms with Crippen molar-refractivity contribution < 1.29 is 14.3 Å². The van der Waals surface area contributed by atoms with Crippen molar-refractivity contribution in [3.63, 3.8) is 0 Å². The Morgan fingerprint density at radius 3 is 2.42 bits per heavy atom. The molecule has 2 aromatic carbocycles. The van der Waals surface area contributed by atoms with E-state index >= 15 is 0 Å². The molecule has 0 radical (unpaired) electrons. The molecule has 1 aliphatic rings. The second-order valence-electron chi connectivity index (χ2n) is 7.69. The van der Waals surface area contributed by atoms with E-state index in [1.54, 1.807) is 6.20 Å². The number of ketones is 1. The van der Waals surface area contributed by atoms with E-state index in [9.17, 15) is 9.59 Å². The minimum Gasteiger partial charge on any atom is -0.469 e. The zero-order valence-corrected chi connectivity index (χ0v) is 17.5. The van der Waals surface area contributed by atoms with Gasteiger partial charge in [0.1, 0.15) is 0 Å². The van der Waals surface area contributed by atoms with Crippen LogP contribution in [0, 0.1) is 5.92 Å². The van der Waals surface area contributed by atoms with E-state index in [2.05, 4.69) is 9.97 Å². The van der Waals surface area contributed by atoms with Crippen molar-refractivity contribution in [1.29, 1.82) is 0 Å². The average molecular weight is 415 g/mol. The summed E-state index contributed by atoms with van der Waals surface area (Å²) >= 11 is 0. The van der Waals surface area contributed by atoms with E-state index in [-0.39, 0.29) is 24.2 Å². The molecular formula is C25H25N3O3. The van der Waals surface area contributed by atoms with Crippen LogP contribution in [-0.4, -0.2) is 41.4 Å². The van der Waals surface area contributed by atoms with Crippen molar-refractivity contribution in [3.8, 4) is 11.3 Å². The van der Waals surface area contributed by atoms with Gasteiger partial charge in [-0.25, -0.2) is 9.97 Å². The lowest BCUT2D eigenvalue weighted by Crippen LogP contribution is -2.54. The first kappa shape index (κ1) is 20.7. The Morgan fingerprint density at radius 1 is 1.06 bits per heavy atom. The fourth-order valence-corrected chi connectivity index (χ4v) is 3.90. The molecule has 6 nitrogen and oxygen atoms in total. The number of esters is 1. The second-order valence-corrected chi connectivity index (χ2v) is 7.69. The molecule has 0 unspecified atom stereocenters. The first-order valence-electron chi connectivity index (χ1n) is 10.5. The van der Waals surface area contributed by atoms with Crippen LogP contribution in [0.4, 0.5) is 5.95 Å². The lowest BCUT2D eigenvalue weighted by molar-refractivity contribution is -0.147. The summed E-state index contributed by atoms with van der Waals surface area (Å²) in [5.74, 6) is -0.292. The average Bonchev–Trinajstić information content (AvgIpc) is 2.79. The van der Waals surface area contributed by atoms with Crippen LogP contribution < -0.4 is 4.90 Å². The van der Waals surface area contributed by atoms with Crippen molar-refractivity contribution in [2.45, 2.75) is 25.3 Å². The highest BCUT2D eigenvalue weighted by Gasteiger charge is 2.37. The highest BCUT2D eigenvalue weighted by atomic mass is 16.5. The Labute approximate surface area is 181 Å². The Kier molecular flexibility index (Phi) is 6.36. The number of aromatic nitrogens is 2. The van der Waals surface area contributed by atoms with Crippen LogP contribution in [0.15, 0.2) is 72.9 Å². The molecule has 1 aromatic heterocycles. The number of hydrogen-bond donors (Lipinski definition) is 0. The van der Waals surface area contributed by atoms with Crippen LogP contribution in [0.5, 0.6) is 0 Å². The largest absolute Gasteiger partial charge is 0.469 e. The molecule has 1 saturated heterocycles. The van der Waals surface area contributed by atoms with Crippen LogP contribution in [0.25, 0.3) is 11.3 Å². The summed E-state index contributed by atoms with van der Waals surface area (Å²) in [5.41, 5.74) is 2.83. The summed E-state index contributed by atoms with van der Waals surface area (Å²) in [5, 5.41) is 0. The molecule has 0 spiro atoms. The van der Waals surface area contributed by atoms with Gasteiger partial charge >= 0.3 is 5.97 Å². The highest BCUT2D eigenvalue weighted by Crippen LogP contribution is 2.28. The monoisotopic (exact) mass is 415 g/mol. The summed E-state index contributed by atoms with van der Waals surface area (Å²) in [6, 6.07) is 21.1. The Balaban J connectivity index is 1.47. The van der Waals surface area contributed by atoms with Crippen molar-refractivity contribution in [2.75, 3.05) is 18.6 Å². The van der Waals surface area contributed by atoms with Gasteiger partial charge in [0.05, 0.1) is 24.8 Å². The highest BCUT2D eigenvalue weighted by molar-refractivity contribution is 5.91. The van der Waals surface area contributed by atoms with E-state index in [4.69, 9.17) is 4.74 Å². The number of rotatable bonds is 8. The molecule has 0 amide bonds. The minimum atomic E-state index is -0.501. The number of hydrogen-bond acceptors (Lipinski definition) is 6. The summed E-state index contributed by atoms with van der Waals surface area (Å²) in [4.78, 5) is 36.4. The maximum Gasteiger partial charge on any atom is 0.309 e. The van der Waals surface area contributed by atoms with Crippen LogP contribution >= 0.6 is 0 Å². The Bertz CT molecular complexity index is 1040. The Hall–Kier alpha value is -3.54. The number of nitrogens with zero attached hydrogens (tertiary/aromatic N) is 3. The van der Waals surface area contributed by atoms with Crippen molar-refractivity contribution in [1.82, 2.24) is 9.97 Å². The number of benzene rings is 2. The lowest BCUT2D eigenvalue weighted by Gasteiger charge is -2.40. The molecule has 0 saturated carbocycles. The molecular weight excluding hydrogens is 390 g/mol. The molecule has 158 valence electrons. The predicted molar refractivity (Wildman–Crippen MR) is 118 cm³/mol. The van der Waals surface area contributed by atoms with E-state index in [0.29, 0.717) is 12.4 Å². The molecule has 2 heterocycles. The van der Waals surface area contributed by atoms with Gasteiger partial charge in [-0.05, 0) is 24.5 Å². The van der Waals surface area contributed by atoms with Gasteiger partial charge in [0.15, 0.2) is 5.78 Å². The SMILES string of the molecule is COC(=O)[C@@H](CC(=O)[C@@H]1CCN1c1nccc(-c2ccccc2)n1)Cc1ccccc1.